The van der Waals surface area contributed by atoms with Gasteiger partial charge in [-0.25, -0.2) is 15.0 Å². The number of amides is 1. The number of piperidine rings is 3. The third-order valence-electron chi connectivity index (χ3n) is 25.3. The Balaban J connectivity index is 0.000000147. The van der Waals surface area contributed by atoms with E-state index in [2.05, 4.69) is 180 Å². The summed E-state index contributed by atoms with van der Waals surface area (Å²) in [6, 6.07) is 23.1. The highest BCUT2D eigenvalue weighted by atomic mass is 16.3. The molecular formula is C92H128N16O4. The molecule has 3 atom stereocenters. The van der Waals surface area contributed by atoms with Crippen molar-refractivity contribution in [1.29, 1.82) is 0 Å². The van der Waals surface area contributed by atoms with Crippen LogP contribution in [0.2, 0.25) is 0 Å². The first kappa shape index (κ1) is 81.3. The van der Waals surface area contributed by atoms with Gasteiger partial charge in [0.1, 0.15) is 16.9 Å². The van der Waals surface area contributed by atoms with E-state index < -0.39 is 0 Å². The number of carbonyl (C=O) groups excluding carboxylic acids is 1. The van der Waals surface area contributed by atoms with Gasteiger partial charge in [0.15, 0.2) is 0 Å². The molecule has 3 aliphatic heterocycles. The summed E-state index contributed by atoms with van der Waals surface area (Å²) in [6.45, 7) is 35.7. The van der Waals surface area contributed by atoms with Crippen molar-refractivity contribution in [3.63, 3.8) is 0 Å². The van der Waals surface area contributed by atoms with Crippen molar-refractivity contribution in [3.05, 3.63) is 167 Å². The quantitative estimate of drug-likeness (QED) is 0.0350. The molecule has 6 aliphatic rings. The number of nitrogens with zero attached hydrogens (tertiary/aromatic N) is 13. The number of hydrogen-bond acceptors (Lipinski definition) is 16. The minimum Gasteiger partial charge on any atom is -0.393 e. The summed E-state index contributed by atoms with van der Waals surface area (Å²) in [5.74, 6) is 3.56. The molecule has 9 aromatic rings. The van der Waals surface area contributed by atoms with Crippen molar-refractivity contribution < 1.29 is 20.1 Å². The van der Waals surface area contributed by atoms with Crippen LogP contribution < -0.4 is 16.0 Å². The van der Waals surface area contributed by atoms with E-state index in [9.17, 15) is 20.1 Å². The van der Waals surface area contributed by atoms with E-state index in [1.807, 2.05) is 49.5 Å². The van der Waals surface area contributed by atoms with Crippen LogP contribution >= 0.6 is 0 Å². The lowest BCUT2D eigenvalue weighted by atomic mass is 9.89. The number of aliphatic hydroxyl groups is 3. The van der Waals surface area contributed by atoms with Crippen molar-refractivity contribution in [3.8, 4) is 0 Å². The Bertz CT molecular complexity index is 4610. The van der Waals surface area contributed by atoms with Crippen LogP contribution in [0.3, 0.4) is 0 Å². The highest BCUT2D eigenvalue weighted by Crippen LogP contribution is 2.44. The molecule has 6 fully saturated rings. The zero-order chi connectivity index (χ0) is 78.7. The fourth-order valence-corrected chi connectivity index (χ4v) is 18.9. The van der Waals surface area contributed by atoms with Crippen LogP contribution in [0.15, 0.2) is 111 Å². The van der Waals surface area contributed by atoms with Gasteiger partial charge in [-0.05, 0) is 247 Å². The fourth-order valence-electron chi connectivity index (χ4n) is 18.9. The molecule has 3 aliphatic carbocycles. The monoisotopic (exact) mass is 1520 g/mol. The lowest BCUT2D eigenvalue weighted by molar-refractivity contribution is 0.0712. The average Bonchev–Trinajstić information content (AvgIpc) is 1.62. The van der Waals surface area contributed by atoms with Crippen molar-refractivity contribution in [2.75, 3.05) is 55.2 Å². The number of likely N-dealkylation sites (tertiary alicyclic amines) is 3. The van der Waals surface area contributed by atoms with Crippen LogP contribution in [0.5, 0.6) is 0 Å². The van der Waals surface area contributed by atoms with E-state index in [0.29, 0.717) is 60.0 Å². The van der Waals surface area contributed by atoms with Crippen molar-refractivity contribution in [2.24, 2.45) is 0 Å². The number of carbonyl (C=O) groups is 1. The molecule has 112 heavy (non-hydrogen) atoms. The summed E-state index contributed by atoms with van der Waals surface area (Å²) in [6.07, 6.45) is 36.5. The van der Waals surface area contributed by atoms with Gasteiger partial charge in [0.2, 0.25) is 17.8 Å². The zero-order valence-corrected chi connectivity index (χ0v) is 68.9. The van der Waals surface area contributed by atoms with Gasteiger partial charge in [-0.1, -0.05) is 101 Å². The number of rotatable bonds is 23. The number of aromatic nitrogens is 10. The molecule has 20 nitrogen and oxygen atoms in total. The molecule has 10 heterocycles. The first-order chi connectivity index (χ1) is 54.2. The second-order valence-corrected chi connectivity index (χ2v) is 34.0. The molecule has 6 N–H and O–H groups in total. The second-order valence-electron chi connectivity index (χ2n) is 34.0. The molecule has 0 unspecified atom stereocenters. The van der Waals surface area contributed by atoms with Crippen LogP contribution in [0.4, 0.5) is 17.8 Å². The lowest BCUT2D eigenvalue weighted by Crippen LogP contribution is -2.38. The summed E-state index contributed by atoms with van der Waals surface area (Å²) >= 11 is 0. The minimum atomic E-state index is -0.191. The zero-order valence-electron chi connectivity index (χ0n) is 68.9. The summed E-state index contributed by atoms with van der Waals surface area (Å²) in [5, 5.41) is 44.3. The number of aliphatic hydroxyl groups excluding tert-OH is 3. The van der Waals surface area contributed by atoms with E-state index >= 15 is 0 Å². The van der Waals surface area contributed by atoms with E-state index in [0.717, 1.165) is 256 Å². The molecule has 2 aromatic carbocycles. The molecule has 600 valence electrons. The summed E-state index contributed by atoms with van der Waals surface area (Å²) in [4.78, 5) is 53.8. The van der Waals surface area contributed by atoms with E-state index in [1.54, 1.807) is 0 Å². The molecule has 1 amide bonds. The summed E-state index contributed by atoms with van der Waals surface area (Å²) in [5.41, 5.74) is 16.9. The SMILES string of the molecule is C=C(c1cccc(C)c1)N1CCC(c2cn(C3CCC(O)CC3)c3nc(N[C@@H](C)CCC)ncc23)CC1.C=C(c1ccccc1C)N1CCC(c2cn(C3CCC(O)CC3)c3nc(N[C@@H](C)CCC)ncc23)CC1.CCC[C@H](C)Nc1ncc2c(C3CCN(C(=O)c4cc(C)nc(C)c4)CC3)cn(C3CCC(O)CC3)c2n1. The minimum absolute atomic E-state index is 0.0977. The highest BCUT2D eigenvalue weighted by molar-refractivity contribution is 5.94. The Kier molecular flexibility index (Phi) is 27.2. The third-order valence-corrected chi connectivity index (χ3v) is 25.3. The second kappa shape index (κ2) is 37.5. The number of pyridine rings is 1. The van der Waals surface area contributed by atoms with Crippen LogP contribution in [0.1, 0.15) is 292 Å². The molecule has 15 rings (SSSR count). The van der Waals surface area contributed by atoms with E-state index in [-0.39, 0.29) is 24.2 Å². The van der Waals surface area contributed by atoms with E-state index in [1.165, 1.54) is 49.7 Å². The Morgan fingerprint density at radius 2 is 0.795 bits per heavy atom. The maximum Gasteiger partial charge on any atom is 0.253 e. The Labute approximate surface area is 665 Å². The van der Waals surface area contributed by atoms with Gasteiger partial charge >= 0.3 is 0 Å². The summed E-state index contributed by atoms with van der Waals surface area (Å²) < 4.78 is 7.17. The standard InChI is InChI=1S/2C31H43N5O.C30H42N6O2/c1-5-8-22(3)33-31-32-19-28-29(20-36(30(28)34-31)25-11-13-26(37)14-12-25)24-15-17-35(18-16-24)23(4)27-10-7-6-9-21(27)2;1-5-7-22(3)33-31-32-19-28-29(20-36(30(28)34-31)26-10-12-27(37)13-11-26)24-14-16-35(17-15-24)23(4)25-9-6-8-21(2)18-25;1-5-6-19(2)33-30-31-17-26-27(18-36(28(26)34-30)24-7-9-25(37)10-8-24)22-11-13-35(14-12-22)29(38)23-15-20(3)32-21(4)16-23/h6-7,9-10,19-20,22,24-26,37H,4-5,8,11-18H2,1-3H3,(H,32,33,34);6,8-9,18-20,22,24,26-27,37H,4-5,7,10-17H2,1-3H3,(H,32,33,34);15-19,22,24-25,37H,5-14H2,1-4H3,(H,31,33,34)/t22-,25?,26?;22-,26?,27?;19-,24?,25?/m000/s1. The fraction of sp³-hybridized carbons (Fsp3) is 0.565. The first-order valence-corrected chi connectivity index (χ1v) is 42.9. The smallest absolute Gasteiger partial charge is 0.253 e. The Hall–Kier alpha value is -8.72. The number of aryl methyl sites for hydroxylation is 4. The van der Waals surface area contributed by atoms with Crippen molar-refractivity contribution in [2.45, 2.75) is 296 Å². The maximum atomic E-state index is 13.2. The molecule has 20 heteroatoms. The van der Waals surface area contributed by atoms with Crippen LogP contribution in [0.25, 0.3) is 44.5 Å². The Morgan fingerprint density at radius 1 is 0.438 bits per heavy atom. The van der Waals surface area contributed by atoms with Gasteiger partial charge in [0.05, 0.1) is 18.3 Å². The predicted octanol–water partition coefficient (Wildman–Crippen LogP) is 18.9. The van der Waals surface area contributed by atoms with Crippen molar-refractivity contribution in [1.82, 2.24) is 63.3 Å². The molecule has 3 saturated carbocycles. The molecule has 0 bridgehead atoms. The number of anilines is 3. The van der Waals surface area contributed by atoms with Gasteiger partial charge in [-0.15, -0.1) is 0 Å². The van der Waals surface area contributed by atoms with Gasteiger partial charge in [-0.2, -0.15) is 15.0 Å². The Morgan fingerprint density at radius 3 is 1.15 bits per heavy atom. The molecular weight excluding hydrogens is 1390 g/mol. The van der Waals surface area contributed by atoms with Gasteiger partial charge in [0, 0.05) is 163 Å². The first-order valence-electron chi connectivity index (χ1n) is 42.9. The van der Waals surface area contributed by atoms with Crippen LogP contribution in [-0.4, -0.2) is 160 Å². The third kappa shape index (κ3) is 19.5. The molecule has 0 radical (unpaired) electrons. The normalized spacial score (nSPS) is 21.7. The number of benzene rings is 2. The topological polar surface area (TPSA) is 229 Å². The largest absolute Gasteiger partial charge is 0.393 e. The van der Waals surface area contributed by atoms with Crippen molar-refractivity contribution >= 4 is 68.2 Å². The molecule has 7 aromatic heterocycles. The lowest BCUT2D eigenvalue weighted by Gasteiger charge is -2.35. The predicted molar refractivity (Wildman–Crippen MR) is 456 cm³/mol. The van der Waals surface area contributed by atoms with Crippen LogP contribution in [-0.2, 0) is 0 Å². The highest BCUT2D eigenvalue weighted by Gasteiger charge is 2.34. The number of fused-ring (bicyclic) bond motifs is 3. The number of hydrogen-bond donors (Lipinski definition) is 6. The molecule has 3 saturated heterocycles. The van der Waals surface area contributed by atoms with Gasteiger partial charge in [-0.3, -0.25) is 9.78 Å². The van der Waals surface area contributed by atoms with Gasteiger partial charge in [0.25, 0.3) is 5.91 Å². The average molecular weight is 1520 g/mol. The number of nitrogens with one attached hydrogen (secondary N) is 3. The summed E-state index contributed by atoms with van der Waals surface area (Å²) in [7, 11) is 0. The van der Waals surface area contributed by atoms with E-state index in [4.69, 9.17) is 29.9 Å². The van der Waals surface area contributed by atoms with Crippen LogP contribution in [0, 0.1) is 27.7 Å². The van der Waals surface area contributed by atoms with Gasteiger partial charge < -0.3 is 59.7 Å². The maximum absolute atomic E-state index is 13.2. The molecule has 0 spiro atoms.